The lowest BCUT2D eigenvalue weighted by atomic mass is 10.0. The second kappa shape index (κ2) is 6.47. The molecule has 0 radical (unpaired) electrons. The van der Waals surface area contributed by atoms with Crippen LogP contribution in [0.2, 0.25) is 0 Å². The van der Waals surface area contributed by atoms with E-state index in [0.717, 1.165) is 5.56 Å². The molecule has 0 aliphatic carbocycles. The molecule has 0 aromatic heterocycles. The van der Waals surface area contributed by atoms with Gasteiger partial charge in [0.2, 0.25) is 0 Å². The number of rotatable bonds is 6. The van der Waals surface area contributed by atoms with Gasteiger partial charge < -0.3 is 19.9 Å². The van der Waals surface area contributed by atoms with E-state index in [1.807, 2.05) is 6.92 Å². The number of alkyl halides is 2. The topological polar surface area (TPSA) is 50.7 Å². The third kappa shape index (κ3) is 4.13. The van der Waals surface area contributed by atoms with Gasteiger partial charge in [0.15, 0.2) is 0 Å². The van der Waals surface area contributed by atoms with Crippen molar-refractivity contribution in [3.63, 3.8) is 0 Å². The summed E-state index contributed by atoms with van der Waals surface area (Å²) in [6.45, 7) is 0.485. The standard InChI is InChI=1S/C14H19F2NO3/c1-10(17-8-14(18)6-7-19-9-14)11-2-4-12(5-3-11)20-13(15)16/h2-5,10,13,17-18H,6-9H2,1H3. The fourth-order valence-corrected chi connectivity index (χ4v) is 2.13. The van der Waals surface area contributed by atoms with E-state index >= 15 is 0 Å². The molecular weight excluding hydrogens is 268 g/mol. The molecular formula is C14H19F2NO3. The Morgan fingerprint density at radius 1 is 1.40 bits per heavy atom. The Kier molecular flexibility index (Phi) is 4.91. The van der Waals surface area contributed by atoms with Gasteiger partial charge in [0, 0.05) is 25.6 Å². The van der Waals surface area contributed by atoms with Crippen LogP contribution in [0.5, 0.6) is 5.75 Å². The van der Waals surface area contributed by atoms with E-state index in [1.165, 1.54) is 12.1 Å². The molecule has 1 saturated heterocycles. The maximum atomic E-state index is 12.0. The molecule has 1 aromatic rings. The zero-order chi connectivity index (χ0) is 14.6. The van der Waals surface area contributed by atoms with Crippen LogP contribution in [0.4, 0.5) is 8.78 Å². The molecule has 0 bridgehead atoms. The highest BCUT2D eigenvalue weighted by atomic mass is 19.3. The number of hydrogen-bond donors (Lipinski definition) is 2. The van der Waals surface area contributed by atoms with Gasteiger partial charge in [-0.15, -0.1) is 0 Å². The first-order valence-corrected chi connectivity index (χ1v) is 6.57. The van der Waals surface area contributed by atoms with Gasteiger partial charge in [-0.2, -0.15) is 8.78 Å². The zero-order valence-corrected chi connectivity index (χ0v) is 11.3. The molecule has 1 fully saturated rings. The lowest BCUT2D eigenvalue weighted by Crippen LogP contribution is -2.41. The van der Waals surface area contributed by atoms with E-state index in [4.69, 9.17) is 4.74 Å². The van der Waals surface area contributed by atoms with Crippen LogP contribution in [0.15, 0.2) is 24.3 Å². The maximum Gasteiger partial charge on any atom is 0.387 e. The molecule has 1 aromatic carbocycles. The van der Waals surface area contributed by atoms with Gasteiger partial charge in [-0.3, -0.25) is 0 Å². The monoisotopic (exact) mass is 287 g/mol. The fraction of sp³-hybridized carbons (Fsp3) is 0.571. The summed E-state index contributed by atoms with van der Waals surface area (Å²) in [6, 6.07) is 6.47. The van der Waals surface area contributed by atoms with Gasteiger partial charge in [-0.05, 0) is 24.6 Å². The number of ether oxygens (including phenoxy) is 2. The number of hydrogen-bond acceptors (Lipinski definition) is 4. The number of aliphatic hydroxyl groups is 1. The quantitative estimate of drug-likeness (QED) is 0.841. The van der Waals surface area contributed by atoms with Crippen molar-refractivity contribution in [2.24, 2.45) is 0 Å². The smallest absolute Gasteiger partial charge is 0.387 e. The highest BCUT2D eigenvalue weighted by molar-refractivity contribution is 5.29. The van der Waals surface area contributed by atoms with Crippen LogP contribution in [-0.2, 0) is 4.74 Å². The summed E-state index contributed by atoms with van der Waals surface area (Å²) in [6.07, 6.45) is 0.619. The Balaban J connectivity index is 1.87. The van der Waals surface area contributed by atoms with Gasteiger partial charge >= 0.3 is 6.61 Å². The minimum Gasteiger partial charge on any atom is -0.435 e. The molecule has 1 aliphatic heterocycles. The van der Waals surface area contributed by atoms with E-state index in [1.54, 1.807) is 12.1 Å². The summed E-state index contributed by atoms with van der Waals surface area (Å²) >= 11 is 0. The summed E-state index contributed by atoms with van der Waals surface area (Å²) in [5.74, 6) is 0.138. The first kappa shape index (κ1) is 15.2. The van der Waals surface area contributed by atoms with Gasteiger partial charge in [0.25, 0.3) is 0 Å². The Bertz CT molecular complexity index is 419. The van der Waals surface area contributed by atoms with Crippen molar-refractivity contribution < 1.29 is 23.4 Å². The molecule has 112 valence electrons. The highest BCUT2D eigenvalue weighted by Gasteiger charge is 2.32. The molecule has 0 amide bonds. The number of benzene rings is 1. The summed E-state index contributed by atoms with van der Waals surface area (Å²) in [5.41, 5.74) is 0.126. The normalized spacial score (nSPS) is 24.1. The van der Waals surface area contributed by atoms with Crippen LogP contribution in [0.25, 0.3) is 0 Å². The van der Waals surface area contributed by atoms with Crippen LogP contribution in [0.3, 0.4) is 0 Å². The molecule has 4 nitrogen and oxygen atoms in total. The van der Waals surface area contributed by atoms with Crippen molar-refractivity contribution >= 4 is 0 Å². The largest absolute Gasteiger partial charge is 0.435 e. The fourth-order valence-electron chi connectivity index (χ4n) is 2.13. The molecule has 20 heavy (non-hydrogen) atoms. The predicted molar refractivity (Wildman–Crippen MR) is 69.9 cm³/mol. The summed E-state index contributed by atoms with van der Waals surface area (Å²) < 4.78 is 33.6. The van der Waals surface area contributed by atoms with E-state index in [-0.39, 0.29) is 11.8 Å². The predicted octanol–water partition coefficient (Wildman–Crippen LogP) is 2.09. The Morgan fingerprint density at radius 3 is 2.65 bits per heavy atom. The molecule has 2 atom stereocenters. The van der Waals surface area contributed by atoms with Gasteiger partial charge in [0.1, 0.15) is 11.4 Å². The van der Waals surface area contributed by atoms with Crippen LogP contribution >= 0.6 is 0 Å². The summed E-state index contributed by atoms with van der Waals surface area (Å²) in [7, 11) is 0. The molecule has 2 unspecified atom stereocenters. The van der Waals surface area contributed by atoms with E-state index < -0.39 is 12.2 Å². The molecule has 0 spiro atoms. The van der Waals surface area contributed by atoms with Crippen LogP contribution in [0, 0.1) is 0 Å². The van der Waals surface area contributed by atoms with Gasteiger partial charge in [0.05, 0.1) is 6.61 Å². The van der Waals surface area contributed by atoms with Crippen molar-refractivity contribution in [3.05, 3.63) is 29.8 Å². The van der Waals surface area contributed by atoms with Crippen molar-refractivity contribution in [1.82, 2.24) is 5.32 Å². The van der Waals surface area contributed by atoms with E-state index in [0.29, 0.717) is 26.2 Å². The average Bonchev–Trinajstić information content (AvgIpc) is 2.84. The van der Waals surface area contributed by atoms with E-state index in [9.17, 15) is 13.9 Å². The van der Waals surface area contributed by atoms with Crippen molar-refractivity contribution in [2.45, 2.75) is 31.6 Å². The maximum absolute atomic E-state index is 12.0. The lowest BCUT2D eigenvalue weighted by Gasteiger charge is -2.24. The Morgan fingerprint density at radius 2 is 2.10 bits per heavy atom. The summed E-state index contributed by atoms with van der Waals surface area (Å²) in [5, 5.41) is 13.4. The second-order valence-electron chi connectivity index (χ2n) is 5.08. The van der Waals surface area contributed by atoms with Gasteiger partial charge in [-0.25, -0.2) is 0 Å². The molecule has 1 heterocycles. The first-order chi connectivity index (χ1) is 9.48. The molecule has 2 N–H and O–H groups in total. The minimum absolute atomic E-state index is 0.000208. The Labute approximate surface area is 116 Å². The average molecular weight is 287 g/mol. The zero-order valence-electron chi connectivity index (χ0n) is 11.3. The third-order valence-electron chi connectivity index (χ3n) is 3.43. The van der Waals surface area contributed by atoms with Crippen molar-refractivity contribution in [1.29, 1.82) is 0 Å². The number of nitrogens with one attached hydrogen (secondary N) is 1. The molecule has 0 saturated carbocycles. The summed E-state index contributed by atoms with van der Waals surface area (Å²) in [4.78, 5) is 0. The lowest BCUT2D eigenvalue weighted by molar-refractivity contribution is -0.0498. The SMILES string of the molecule is CC(NCC1(O)CCOC1)c1ccc(OC(F)F)cc1. The third-order valence-corrected chi connectivity index (χ3v) is 3.43. The van der Waals surface area contributed by atoms with Crippen LogP contribution in [0.1, 0.15) is 24.9 Å². The minimum atomic E-state index is -2.81. The first-order valence-electron chi connectivity index (χ1n) is 6.57. The van der Waals surface area contributed by atoms with Crippen molar-refractivity contribution in [2.75, 3.05) is 19.8 Å². The number of halogens is 2. The molecule has 2 rings (SSSR count). The second-order valence-corrected chi connectivity index (χ2v) is 5.08. The molecule has 1 aliphatic rings. The van der Waals surface area contributed by atoms with Gasteiger partial charge in [-0.1, -0.05) is 12.1 Å². The van der Waals surface area contributed by atoms with Crippen LogP contribution in [-0.4, -0.2) is 37.1 Å². The Hall–Kier alpha value is -1.24. The highest BCUT2D eigenvalue weighted by Crippen LogP contribution is 2.21. The van der Waals surface area contributed by atoms with E-state index in [2.05, 4.69) is 10.1 Å². The van der Waals surface area contributed by atoms with Crippen molar-refractivity contribution in [3.8, 4) is 5.75 Å². The van der Waals surface area contributed by atoms with Crippen LogP contribution < -0.4 is 10.1 Å². The molecule has 6 heteroatoms.